The first-order chi connectivity index (χ1) is 9.83. The van der Waals surface area contributed by atoms with Crippen LogP contribution in [0, 0.1) is 11.3 Å². The summed E-state index contributed by atoms with van der Waals surface area (Å²) in [7, 11) is 0. The van der Waals surface area contributed by atoms with Gasteiger partial charge in [0.25, 0.3) is 0 Å². The van der Waals surface area contributed by atoms with Crippen LogP contribution in [0.25, 0.3) is 0 Å². The number of nitriles is 1. The van der Waals surface area contributed by atoms with Gasteiger partial charge in [0.1, 0.15) is 0 Å². The number of rotatable bonds is 6. The van der Waals surface area contributed by atoms with Gasteiger partial charge in [0.2, 0.25) is 0 Å². The predicted molar refractivity (Wildman–Crippen MR) is 80.6 cm³/mol. The minimum absolute atomic E-state index is 0.291. The Hall–Kier alpha value is -1.57. The zero-order valence-electron chi connectivity index (χ0n) is 12.1. The number of nitrogens with one attached hydrogen (secondary N) is 1. The summed E-state index contributed by atoms with van der Waals surface area (Å²) in [5, 5.41) is 12.2. The molecule has 1 aromatic rings. The SMILES string of the molecule is CCC(CC#N)NCc1ccc(N2CCOCC2)cc1. The van der Waals surface area contributed by atoms with Crippen molar-refractivity contribution < 1.29 is 4.74 Å². The summed E-state index contributed by atoms with van der Waals surface area (Å²) in [4.78, 5) is 2.35. The Morgan fingerprint density at radius 2 is 2.00 bits per heavy atom. The first kappa shape index (κ1) is 14.8. The fraction of sp³-hybridized carbons (Fsp3) is 0.562. The standard InChI is InChI=1S/C16H23N3O/c1-2-15(7-8-17)18-13-14-3-5-16(6-4-14)19-9-11-20-12-10-19/h3-6,15,18H,2,7,9-13H2,1H3. The molecule has 1 unspecified atom stereocenters. The lowest BCUT2D eigenvalue weighted by molar-refractivity contribution is 0.122. The Morgan fingerprint density at radius 3 is 2.60 bits per heavy atom. The molecular weight excluding hydrogens is 250 g/mol. The third-order valence-electron chi connectivity index (χ3n) is 3.74. The van der Waals surface area contributed by atoms with E-state index in [1.54, 1.807) is 0 Å². The van der Waals surface area contributed by atoms with Gasteiger partial charge < -0.3 is 15.0 Å². The van der Waals surface area contributed by atoms with Crippen molar-refractivity contribution in [2.45, 2.75) is 32.4 Å². The second kappa shape index (κ2) is 7.88. The Bertz CT molecular complexity index is 432. The number of anilines is 1. The van der Waals surface area contributed by atoms with E-state index in [0.717, 1.165) is 39.3 Å². The molecule has 0 aromatic heterocycles. The maximum absolute atomic E-state index is 8.74. The number of hydrogen-bond acceptors (Lipinski definition) is 4. The largest absolute Gasteiger partial charge is 0.378 e. The van der Waals surface area contributed by atoms with E-state index in [1.807, 2.05) is 0 Å². The number of morpholine rings is 1. The molecule has 1 heterocycles. The number of nitrogens with zero attached hydrogens (tertiary/aromatic N) is 2. The second-order valence-corrected chi connectivity index (χ2v) is 5.11. The molecule has 108 valence electrons. The van der Waals surface area contributed by atoms with Gasteiger partial charge in [-0.05, 0) is 24.1 Å². The summed E-state index contributed by atoms with van der Waals surface area (Å²) < 4.78 is 5.37. The molecule has 1 atom stereocenters. The van der Waals surface area contributed by atoms with E-state index in [0.29, 0.717) is 12.5 Å². The third kappa shape index (κ3) is 4.22. The van der Waals surface area contributed by atoms with Gasteiger partial charge in [-0.2, -0.15) is 5.26 Å². The van der Waals surface area contributed by atoms with Crippen LogP contribution in [0.3, 0.4) is 0 Å². The summed E-state index contributed by atoms with van der Waals surface area (Å²) >= 11 is 0. The fourth-order valence-corrected chi connectivity index (χ4v) is 2.38. The fourth-order valence-electron chi connectivity index (χ4n) is 2.38. The molecule has 1 N–H and O–H groups in total. The summed E-state index contributed by atoms with van der Waals surface area (Å²) in [6.07, 6.45) is 1.56. The molecule has 1 aliphatic heterocycles. The molecule has 0 saturated carbocycles. The van der Waals surface area contributed by atoms with E-state index in [2.05, 4.69) is 47.5 Å². The topological polar surface area (TPSA) is 48.3 Å². The van der Waals surface area contributed by atoms with E-state index >= 15 is 0 Å². The zero-order valence-corrected chi connectivity index (χ0v) is 12.1. The van der Waals surface area contributed by atoms with Crippen LogP contribution in [0.4, 0.5) is 5.69 Å². The minimum atomic E-state index is 0.291. The molecule has 4 heteroatoms. The zero-order chi connectivity index (χ0) is 14.2. The quantitative estimate of drug-likeness (QED) is 0.864. The second-order valence-electron chi connectivity index (χ2n) is 5.11. The Morgan fingerprint density at radius 1 is 1.30 bits per heavy atom. The van der Waals surface area contributed by atoms with E-state index in [4.69, 9.17) is 10.00 Å². The number of hydrogen-bond donors (Lipinski definition) is 1. The molecule has 4 nitrogen and oxygen atoms in total. The first-order valence-corrected chi connectivity index (χ1v) is 7.35. The highest BCUT2D eigenvalue weighted by Gasteiger charge is 2.11. The minimum Gasteiger partial charge on any atom is -0.378 e. The smallest absolute Gasteiger partial charge is 0.0642 e. The van der Waals surface area contributed by atoms with Crippen LogP contribution in [-0.4, -0.2) is 32.3 Å². The van der Waals surface area contributed by atoms with E-state index < -0.39 is 0 Å². The highest BCUT2D eigenvalue weighted by molar-refractivity contribution is 5.47. The van der Waals surface area contributed by atoms with Gasteiger partial charge in [-0.1, -0.05) is 19.1 Å². The lowest BCUT2D eigenvalue weighted by atomic mass is 10.1. The van der Waals surface area contributed by atoms with Crippen LogP contribution in [0.2, 0.25) is 0 Å². The molecule has 0 radical (unpaired) electrons. The van der Waals surface area contributed by atoms with E-state index in [1.165, 1.54) is 11.3 Å². The molecule has 0 spiro atoms. The lowest BCUT2D eigenvalue weighted by Gasteiger charge is -2.29. The van der Waals surface area contributed by atoms with Crippen molar-refractivity contribution in [1.82, 2.24) is 5.32 Å². The van der Waals surface area contributed by atoms with Crippen LogP contribution in [0.1, 0.15) is 25.3 Å². The van der Waals surface area contributed by atoms with Crippen molar-refractivity contribution in [3.8, 4) is 6.07 Å². The predicted octanol–water partition coefficient (Wildman–Crippen LogP) is 2.31. The average Bonchev–Trinajstić information content (AvgIpc) is 2.53. The summed E-state index contributed by atoms with van der Waals surface area (Å²) in [6.45, 7) is 6.50. The highest BCUT2D eigenvalue weighted by atomic mass is 16.5. The monoisotopic (exact) mass is 273 g/mol. The van der Waals surface area contributed by atoms with Gasteiger partial charge in [0.05, 0.1) is 25.7 Å². The van der Waals surface area contributed by atoms with Crippen LogP contribution in [-0.2, 0) is 11.3 Å². The number of ether oxygens (including phenoxy) is 1. The summed E-state index contributed by atoms with van der Waals surface area (Å²) in [5.41, 5.74) is 2.53. The van der Waals surface area contributed by atoms with Gasteiger partial charge in [-0.15, -0.1) is 0 Å². The number of benzene rings is 1. The van der Waals surface area contributed by atoms with Crippen LogP contribution in [0.5, 0.6) is 0 Å². The van der Waals surface area contributed by atoms with Crippen LogP contribution in [0.15, 0.2) is 24.3 Å². The Labute approximate surface area is 121 Å². The molecule has 20 heavy (non-hydrogen) atoms. The molecule has 1 aromatic carbocycles. The van der Waals surface area contributed by atoms with Gasteiger partial charge in [0, 0.05) is 31.4 Å². The molecule has 1 fully saturated rings. The van der Waals surface area contributed by atoms with Crippen LogP contribution >= 0.6 is 0 Å². The molecule has 0 aliphatic carbocycles. The van der Waals surface area contributed by atoms with Crippen molar-refractivity contribution in [1.29, 1.82) is 5.26 Å². The van der Waals surface area contributed by atoms with Gasteiger partial charge in [0.15, 0.2) is 0 Å². The summed E-state index contributed by atoms with van der Waals surface area (Å²) in [6, 6.07) is 11.2. The van der Waals surface area contributed by atoms with Crippen molar-refractivity contribution in [3.63, 3.8) is 0 Å². The third-order valence-corrected chi connectivity index (χ3v) is 3.74. The normalized spacial score (nSPS) is 16.7. The van der Waals surface area contributed by atoms with Gasteiger partial charge in [-0.3, -0.25) is 0 Å². The molecule has 0 bridgehead atoms. The van der Waals surface area contributed by atoms with Crippen molar-refractivity contribution in [2.24, 2.45) is 0 Å². The van der Waals surface area contributed by atoms with Crippen molar-refractivity contribution in [2.75, 3.05) is 31.2 Å². The molecule has 0 amide bonds. The Kier molecular flexibility index (Phi) is 5.85. The summed E-state index contributed by atoms with van der Waals surface area (Å²) in [5.74, 6) is 0. The maximum atomic E-state index is 8.74. The van der Waals surface area contributed by atoms with E-state index in [-0.39, 0.29) is 0 Å². The van der Waals surface area contributed by atoms with Crippen molar-refractivity contribution >= 4 is 5.69 Å². The maximum Gasteiger partial charge on any atom is 0.0642 e. The van der Waals surface area contributed by atoms with Gasteiger partial charge in [-0.25, -0.2) is 0 Å². The first-order valence-electron chi connectivity index (χ1n) is 7.35. The van der Waals surface area contributed by atoms with Crippen molar-refractivity contribution in [3.05, 3.63) is 29.8 Å². The molecular formula is C16H23N3O. The van der Waals surface area contributed by atoms with E-state index in [9.17, 15) is 0 Å². The molecule has 2 rings (SSSR count). The highest BCUT2D eigenvalue weighted by Crippen LogP contribution is 2.16. The lowest BCUT2D eigenvalue weighted by Crippen LogP contribution is -2.36. The Balaban J connectivity index is 1.86. The van der Waals surface area contributed by atoms with Crippen LogP contribution < -0.4 is 10.2 Å². The molecule has 1 saturated heterocycles. The van der Waals surface area contributed by atoms with Gasteiger partial charge >= 0.3 is 0 Å². The average molecular weight is 273 g/mol. The molecule has 1 aliphatic rings.